The molecule has 1 N–H and O–H groups in total. The second kappa shape index (κ2) is 6.39. The number of hydrogen-bond donors (Lipinski definition) is 1. The summed E-state index contributed by atoms with van der Waals surface area (Å²) in [6.07, 6.45) is 5.19. The SMILES string of the molecule is OCCCC[CH]P. The van der Waals surface area contributed by atoms with Gasteiger partial charge in [-0.2, -0.15) is 0 Å². The Balaban J connectivity index is 2.45. The van der Waals surface area contributed by atoms with Gasteiger partial charge < -0.3 is 5.11 Å². The Morgan fingerprint density at radius 3 is 2.57 bits per heavy atom. The summed E-state index contributed by atoms with van der Waals surface area (Å²) in [5.74, 6) is 0. The first-order valence-corrected chi connectivity index (χ1v) is 3.22. The number of hydrogen-bond acceptors (Lipinski definition) is 1. The van der Waals surface area contributed by atoms with Crippen LogP contribution in [0.1, 0.15) is 19.3 Å². The van der Waals surface area contributed by atoms with Gasteiger partial charge in [0.1, 0.15) is 0 Å². The molecule has 1 nitrogen and oxygen atoms in total. The molecule has 7 heavy (non-hydrogen) atoms. The zero-order chi connectivity index (χ0) is 5.54. The normalized spacial score (nSPS) is 9.43. The van der Waals surface area contributed by atoms with E-state index in [0.717, 1.165) is 19.3 Å². The topological polar surface area (TPSA) is 20.2 Å². The van der Waals surface area contributed by atoms with E-state index in [1.54, 1.807) is 0 Å². The number of aliphatic hydroxyl groups is 1. The molecule has 0 bridgehead atoms. The van der Waals surface area contributed by atoms with Gasteiger partial charge in [0, 0.05) is 6.61 Å². The molecule has 0 aliphatic heterocycles. The van der Waals surface area contributed by atoms with Crippen LogP contribution in [0.25, 0.3) is 0 Å². The molecule has 1 radical (unpaired) electrons. The molecule has 0 saturated carbocycles. The molecule has 0 aromatic carbocycles. The van der Waals surface area contributed by atoms with E-state index in [2.05, 4.69) is 9.24 Å². The van der Waals surface area contributed by atoms with Crippen LogP contribution in [0.5, 0.6) is 0 Å². The molecule has 0 saturated heterocycles. The maximum atomic E-state index is 8.27. The summed E-state index contributed by atoms with van der Waals surface area (Å²) in [6, 6.07) is 0. The van der Waals surface area contributed by atoms with Crippen LogP contribution in [0, 0.1) is 6.16 Å². The van der Waals surface area contributed by atoms with E-state index in [1.165, 1.54) is 0 Å². The van der Waals surface area contributed by atoms with E-state index < -0.39 is 0 Å². The summed E-state index contributed by atoms with van der Waals surface area (Å²) in [7, 11) is 2.54. The quantitative estimate of drug-likeness (QED) is 0.435. The Labute approximate surface area is 47.3 Å². The molecule has 0 spiro atoms. The molecule has 2 heteroatoms. The number of unbranched alkanes of at least 4 members (excludes halogenated alkanes) is 2. The average molecular weight is 119 g/mol. The lowest BCUT2D eigenvalue weighted by molar-refractivity contribution is 0.285. The van der Waals surface area contributed by atoms with E-state index in [1.807, 2.05) is 6.16 Å². The number of aliphatic hydroxyl groups excluding tert-OH is 1. The largest absolute Gasteiger partial charge is 0.396 e. The number of rotatable bonds is 4. The first kappa shape index (κ1) is 7.39. The third-order valence-corrected chi connectivity index (χ3v) is 1.11. The molecule has 1 unspecified atom stereocenters. The molecule has 43 valence electrons. The average Bonchev–Trinajstić information content (AvgIpc) is 1.69. The molecule has 0 aliphatic carbocycles. The van der Waals surface area contributed by atoms with Crippen molar-refractivity contribution in [1.82, 2.24) is 0 Å². The van der Waals surface area contributed by atoms with Crippen molar-refractivity contribution in [3.63, 3.8) is 0 Å². The van der Waals surface area contributed by atoms with Gasteiger partial charge in [0.05, 0.1) is 0 Å². The smallest absolute Gasteiger partial charge is 0.0431 e. The predicted octanol–water partition coefficient (Wildman–Crippen LogP) is 1.19. The minimum atomic E-state index is 0.332. The van der Waals surface area contributed by atoms with Crippen LogP contribution < -0.4 is 0 Å². The molecule has 0 heterocycles. The van der Waals surface area contributed by atoms with E-state index in [0.29, 0.717) is 6.61 Å². The van der Waals surface area contributed by atoms with Crippen molar-refractivity contribution in [2.75, 3.05) is 6.61 Å². The van der Waals surface area contributed by atoms with Gasteiger partial charge in [-0.05, 0) is 19.0 Å². The summed E-state index contributed by atoms with van der Waals surface area (Å²) < 4.78 is 0. The minimum Gasteiger partial charge on any atom is -0.396 e. The van der Waals surface area contributed by atoms with Crippen molar-refractivity contribution < 1.29 is 5.11 Å². The van der Waals surface area contributed by atoms with Crippen LogP contribution in [0.4, 0.5) is 0 Å². The lowest BCUT2D eigenvalue weighted by atomic mass is 10.3. The van der Waals surface area contributed by atoms with Crippen LogP contribution in [-0.4, -0.2) is 11.7 Å². The van der Waals surface area contributed by atoms with E-state index in [9.17, 15) is 0 Å². The maximum Gasteiger partial charge on any atom is 0.0431 e. The lowest BCUT2D eigenvalue weighted by Gasteiger charge is -1.90. The molecule has 0 fully saturated rings. The van der Waals surface area contributed by atoms with Crippen molar-refractivity contribution in [3.8, 4) is 0 Å². The van der Waals surface area contributed by atoms with Gasteiger partial charge in [-0.1, -0.05) is 6.42 Å². The minimum absolute atomic E-state index is 0.332. The van der Waals surface area contributed by atoms with Gasteiger partial charge in [-0.15, -0.1) is 9.24 Å². The van der Waals surface area contributed by atoms with Gasteiger partial charge in [0.25, 0.3) is 0 Å². The third kappa shape index (κ3) is 6.39. The fourth-order valence-electron chi connectivity index (χ4n) is 0.374. The van der Waals surface area contributed by atoms with Gasteiger partial charge in [0.15, 0.2) is 0 Å². The summed E-state index contributed by atoms with van der Waals surface area (Å²) in [4.78, 5) is 0. The van der Waals surface area contributed by atoms with E-state index >= 15 is 0 Å². The lowest BCUT2D eigenvalue weighted by Crippen LogP contribution is -1.80. The molecule has 1 atom stereocenters. The summed E-state index contributed by atoms with van der Waals surface area (Å²) >= 11 is 0. The van der Waals surface area contributed by atoms with Crippen LogP contribution in [-0.2, 0) is 0 Å². The second-order valence-corrected chi connectivity index (χ2v) is 1.93. The Bertz CT molecular complexity index is 27.3. The fourth-order valence-corrected chi connectivity index (χ4v) is 0.610. The van der Waals surface area contributed by atoms with Crippen LogP contribution in [0.3, 0.4) is 0 Å². The Hall–Kier alpha value is 0.390. The highest BCUT2D eigenvalue weighted by molar-refractivity contribution is 7.19. The molecular formula is C5H12OP. The first-order chi connectivity index (χ1) is 3.41. The van der Waals surface area contributed by atoms with Crippen molar-refractivity contribution in [1.29, 1.82) is 0 Å². The highest BCUT2D eigenvalue weighted by atomic mass is 31.0. The van der Waals surface area contributed by atoms with Crippen LogP contribution in [0.2, 0.25) is 0 Å². The first-order valence-electron chi connectivity index (χ1n) is 2.56. The Kier molecular flexibility index (Phi) is 6.75. The molecule has 0 amide bonds. The van der Waals surface area contributed by atoms with E-state index in [-0.39, 0.29) is 0 Å². The zero-order valence-corrected chi connectivity index (χ0v) is 5.59. The highest BCUT2D eigenvalue weighted by Crippen LogP contribution is 2.01. The van der Waals surface area contributed by atoms with Crippen molar-refractivity contribution in [2.24, 2.45) is 0 Å². The summed E-state index contributed by atoms with van der Waals surface area (Å²) in [6.45, 7) is 0.332. The van der Waals surface area contributed by atoms with Crippen molar-refractivity contribution in [3.05, 3.63) is 6.16 Å². The summed E-state index contributed by atoms with van der Waals surface area (Å²) in [5.41, 5.74) is 0. The standard InChI is InChI=1S/C5H12OP/c6-4-2-1-3-5-7/h5-6H,1-4,7H2. The fraction of sp³-hybridized carbons (Fsp3) is 0.800. The van der Waals surface area contributed by atoms with Gasteiger partial charge >= 0.3 is 0 Å². The van der Waals surface area contributed by atoms with Gasteiger partial charge in [-0.25, -0.2) is 0 Å². The predicted molar refractivity (Wildman–Crippen MR) is 34.9 cm³/mol. The third-order valence-electron chi connectivity index (χ3n) is 0.779. The monoisotopic (exact) mass is 119 g/mol. The molecule has 0 aromatic heterocycles. The Morgan fingerprint density at radius 1 is 1.43 bits per heavy atom. The summed E-state index contributed by atoms with van der Waals surface area (Å²) in [5, 5.41) is 8.27. The van der Waals surface area contributed by atoms with Crippen LogP contribution >= 0.6 is 9.24 Å². The van der Waals surface area contributed by atoms with Crippen molar-refractivity contribution in [2.45, 2.75) is 19.3 Å². The molecule has 0 rings (SSSR count). The van der Waals surface area contributed by atoms with Gasteiger partial charge in [0.2, 0.25) is 0 Å². The van der Waals surface area contributed by atoms with Gasteiger partial charge in [-0.3, -0.25) is 0 Å². The Morgan fingerprint density at radius 2 is 2.14 bits per heavy atom. The molecular weight excluding hydrogens is 107 g/mol. The molecule has 0 aliphatic rings. The maximum absolute atomic E-state index is 8.27. The van der Waals surface area contributed by atoms with Crippen molar-refractivity contribution >= 4 is 9.24 Å². The van der Waals surface area contributed by atoms with E-state index in [4.69, 9.17) is 5.11 Å². The highest BCUT2D eigenvalue weighted by Gasteiger charge is 1.81. The van der Waals surface area contributed by atoms with Crippen LogP contribution in [0.15, 0.2) is 0 Å². The zero-order valence-electron chi connectivity index (χ0n) is 4.43. The second-order valence-electron chi connectivity index (χ2n) is 1.46. The molecule has 0 aromatic rings.